The van der Waals surface area contributed by atoms with Gasteiger partial charge in [0.15, 0.2) is 0 Å². The first kappa shape index (κ1) is 16.2. The highest BCUT2D eigenvalue weighted by atomic mass is 32.2. The van der Waals surface area contributed by atoms with Gasteiger partial charge in [-0.3, -0.25) is 0 Å². The number of nitrogens with one attached hydrogen (secondary N) is 1. The lowest BCUT2D eigenvalue weighted by molar-refractivity contribution is 0.290. The minimum atomic E-state index is -3.70. The van der Waals surface area contributed by atoms with Gasteiger partial charge in [-0.15, -0.1) is 0 Å². The molecule has 0 amide bonds. The maximum atomic E-state index is 13.6. The fourth-order valence-electron chi connectivity index (χ4n) is 2.67. The van der Waals surface area contributed by atoms with Crippen molar-refractivity contribution in [3.05, 3.63) is 23.5 Å². The van der Waals surface area contributed by atoms with Crippen LogP contribution in [0.25, 0.3) is 0 Å². The Bertz CT molecular complexity index is 585. The van der Waals surface area contributed by atoms with Gasteiger partial charge in [0.2, 0.25) is 10.0 Å². The van der Waals surface area contributed by atoms with Gasteiger partial charge in [0, 0.05) is 17.8 Å². The molecule has 0 aliphatic heterocycles. The van der Waals surface area contributed by atoms with Gasteiger partial charge in [0.05, 0.1) is 4.90 Å². The van der Waals surface area contributed by atoms with E-state index in [1.807, 2.05) is 0 Å². The van der Waals surface area contributed by atoms with Gasteiger partial charge in [0.1, 0.15) is 5.82 Å². The molecule has 0 spiro atoms. The largest absolute Gasteiger partial charge is 0.398 e. The zero-order valence-corrected chi connectivity index (χ0v) is 13.3. The second-order valence-corrected chi connectivity index (χ2v) is 7.86. The molecule has 1 fully saturated rings. The van der Waals surface area contributed by atoms with Crippen LogP contribution < -0.4 is 10.5 Å². The van der Waals surface area contributed by atoms with Crippen molar-refractivity contribution in [1.29, 1.82) is 0 Å². The number of nitrogen functional groups attached to an aromatic ring is 1. The fourth-order valence-corrected chi connectivity index (χ4v) is 3.84. The van der Waals surface area contributed by atoms with E-state index < -0.39 is 15.8 Å². The lowest BCUT2D eigenvalue weighted by Gasteiger charge is -2.26. The molecule has 4 nitrogen and oxygen atoms in total. The molecular formula is C15H23FN2O2S. The number of halogens is 1. The van der Waals surface area contributed by atoms with Crippen LogP contribution in [0.1, 0.15) is 38.2 Å². The van der Waals surface area contributed by atoms with E-state index in [-0.39, 0.29) is 16.1 Å². The molecule has 1 aromatic carbocycles. The Kier molecular flexibility index (Phi) is 4.88. The SMILES string of the molecule is Cc1c(N)cc(S(=O)(=O)NCC2CCC(C)CC2)cc1F. The van der Waals surface area contributed by atoms with Gasteiger partial charge < -0.3 is 5.73 Å². The molecule has 0 bridgehead atoms. The summed E-state index contributed by atoms with van der Waals surface area (Å²) in [4.78, 5) is -0.104. The van der Waals surface area contributed by atoms with E-state index in [0.717, 1.165) is 37.7 Å². The summed E-state index contributed by atoms with van der Waals surface area (Å²) < 4.78 is 40.7. The topological polar surface area (TPSA) is 72.2 Å². The first-order valence-corrected chi connectivity index (χ1v) is 8.83. The monoisotopic (exact) mass is 314 g/mol. The van der Waals surface area contributed by atoms with E-state index in [1.54, 1.807) is 0 Å². The molecule has 1 aliphatic rings. The van der Waals surface area contributed by atoms with Gasteiger partial charge in [0.25, 0.3) is 0 Å². The molecule has 0 aromatic heterocycles. The number of benzene rings is 1. The summed E-state index contributed by atoms with van der Waals surface area (Å²) in [5.74, 6) is 0.495. The maximum absolute atomic E-state index is 13.6. The molecular weight excluding hydrogens is 291 g/mol. The predicted octanol–water partition coefficient (Wildman–Crippen LogP) is 2.82. The Morgan fingerprint density at radius 2 is 1.90 bits per heavy atom. The number of anilines is 1. The van der Waals surface area contributed by atoms with E-state index in [4.69, 9.17) is 5.73 Å². The van der Waals surface area contributed by atoms with Crippen LogP contribution in [0.5, 0.6) is 0 Å². The standard InChI is InChI=1S/C15H23FN2O2S/c1-10-3-5-12(6-4-10)9-18-21(19,20)13-7-14(16)11(2)15(17)8-13/h7-8,10,12,18H,3-6,9,17H2,1-2H3. The van der Waals surface area contributed by atoms with Crippen LogP contribution >= 0.6 is 0 Å². The van der Waals surface area contributed by atoms with E-state index >= 15 is 0 Å². The Morgan fingerprint density at radius 3 is 2.48 bits per heavy atom. The zero-order chi connectivity index (χ0) is 15.6. The van der Waals surface area contributed by atoms with E-state index in [9.17, 15) is 12.8 Å². The lowest BCUT2D eigenvalue weighted by Crippen LogP contribution is -2.31. The molecule has 118 valence electrons. The Hall–Kier alpha value is -1.14. The lowest BCUT2D eigenvalue weighted by atomic mass is 9.83. The van der Waals surface area contributed by atoms with Gasteiger partial charge in [-0.05, 0) is 43.7 Å². The van der Waals surface area contributed by atoms with E-state index in [1.165, 1.54) is 13.0 Å². The van der Waals surface area contributed by atoms with Gasteiger partial charge >= 0.3 is 0 Å². The van der Waals surface area contributed by atoms with Gasteiger partial charge in [-0.1, -0.05) is 19.8 Å². The molecule has 3 N–H and O–H groups in total. The molecule has 2 rings (SSSR count). The Morgan fingerprint density at radius 1 is 1.29 bits per heavy atom. The number of rotatable bonds is 4. The third kappa shape index (κ3) is 3.95. The third-order valence-corrected chi connectivity index (χ3v) is 5.77. The summed E-state index contributed by atoms with van der Waals surface area (Å²) in [7, 11) is -3.70. The van der Waals surface area contributed by atoms with Crippen LogP contribution in [0.3, 0.4) is 0 Å². The highest BCUT2D eigenvalue weighted by Gasteiger charge is 2.22. The predicted molar refractivity (Wildman–Crippen MR) is 81.9 cm³/mol. The first-order chi connectivity index (χ1) is 9.79. The van der Waals surface area contributed by atoms with Crippen LogP contribution in [0.15, 0.2) is 17.0 Å². The quantitative estimate of drug-likeness (QED) is 0.839. The summed E-state index contributed by atoms with van der Waals surface area (Å²) in [5, 5.41) is 0. The molecule has 0 unspecified atom stereocenters. The van der Waals surface area contributed by atoms with Crippen molar-refractivity contribution in [1.82, 2.24) is 4.72 Å². The van der Waals surface area contributed by atoms with Crippen molar-refractivity contribution >= 4 is 15.7 Å². The zero-order valence-electron chi connectivity index (χ0n) is 12.5. The van der Waals surface area contributed by atoms with E-state index in [0.29, 0.717) is 12.5 Å². The van der Waals surface area contributed by atoms with Crippen molar-refractivity contribution in [3.8, 4) is 0 Å². The normalized spacial score (nSPS) is 23.2. The third-order valence-electron chi connectivity index (χ3n) is 4.37. The van der Waals surface area contributed by atoms with Crippen LogP contribution in [-0.2, 0) is 10.0 Å². The molecule has 0 radical (unpaired) electrons. The summed E-state index contributed by atoms with van der Waals surface area (Å²) in [6.45, 7) is 4.15. The fraction of sp³-hybridized carbons (Fsp3) is 0.600. The number of hydrogen-bond acceptors (Lipinski definition) is 3. The van der Waals surface area contributed by atoms with Gasteiger partial charge in [-0.25, -0.2) is 17.5 Å². The van der Waals surface area contributed by atoms with E-state index in [2.05, 4.69) is 11.6 Å². The minimum Gasteiger partial charge on any atom is -0.398 e. The van der Waals surface area contributed by atoms with Crippen molar-refractivity contribution < 1.29 is 12.8 Å². The molecule has 6 heteroatoms. The minimum absolute atomic E-state index is 0.104. The molecule has 21 heavy (non-hydrogen) atoms. The molecule has 1 aliphatic carbocycles. The smallest absolute Gasteiger partial charge is 0.240 e. The average Bonchev–Trinajstić information content (AvgIpc) is 2.43. The number of nitrogens with two attached hydrogens (primary N) is 1. The molecule has 0 saturated heterocycles. The molecule has 1 aromatic rings. The van der Waals surface area contributed by atoms with Crippen molar-refractivity contribution in [2.45, 2.75) is 44.4 Å². The Labute approximate surface area is 126 Å². The molecule has 0 atom stereocenters. The van der Waals surface area contributed by atoms with Crippen molar-refractivity contribution in [2.24, 2.45) is 11.8 Å². The summed E-state index contributed by atoms with van der Waals surface area (Å²) in [5.41, 5.74) is 6.07. The van der Waals surface area contributed by atoms with Crippen LogP contribution in [0.2, 0.25) is 0 Å². The second-order valence-electron chi connectivity index (χ2n) is 6.10. The summed E-state index contributed by atoms with van der Waals surface area (Å²) >= 11 is 0. The van der Waals surface area contributed by atoms with Crippen LogP contribution in [0.4, 0.5) is 10.1 Å². The summed E-state index contributed by atoms with van der Waals surface area (Å²) in [6.07, 6.45) is 4.35. The number of hydrogen-bond donors (Lipinski definition) is 2. The van der Waals surface area contributed by atoms with Crippen LogP contribution in [-0.4, -0.2) is 15.0 Å². The van der Waals surface area contributed by atoms with Gasteiger partial charge in [-0.2, -0.15) is 0 Å². The summed E-state index contributed by atoms with van der Waals surface area (Å²) in [6, 6.07) is 2.33. The Balaban J connectivity index is 2.05. The van der Waals surface area contributed by atoms with Crippen molar-refractivity contribution in [2.75, 3.05) is 12.3 Å². The molecule has 0 heterocycles. The second kappa shape index (κ2) is 6.32. The molecule has 1 saturated carbocycles. The highest BCUT2D eigenvalue weighted by molar-refractivity contribution is 7.89. The first-order valence-electron chi connectivity index (χ1n) is 7.35. The highest BCUT2D eigenvalue weighted by Crippen LogP contribution is 2.28. The average molecular weight is 314 g/mol. The number of sulfonamides is 1. The van der Waals surface area contributed by atoms with Crippen LogP contribution in [0, 0.1) is 24.6 Å². The van der Waals surface area contributed by atoms with Crippen molar-refractivity contribution in [3.63, 3.8) is 0 Å². The maximum Gasteiger partial charge on any atom is 0.240 e.